The van der Waals surface area contributed by atoms with Crippen LogP contribution in [0.2, 0.25) is 0 Å². The fourth-order valence-electron chi connectivity index (χ4n) is 2.45. The van der Waals surface area contributed by atoms with Crippen molar-refractivity contribution in [3.05, 3.63) is 35.4 Å². The number of ketones is 1. The smallest absolute Gasteiger partial charge is 0.179 e. The normalized spacial score (nSPS) is 20.6. The maximum absolute atomic E-state index is 13.2. The lowest BCUT2D eigenvalue weighted by Crippen LogP contribution is -2.48. The monoisotopic (exact) mass is 283 g/mol. The Morgan fingerprint density at radius 1 is 1.30 bits per heavy atom. The van der Waals surface area contributed by atoms with Crippen LogP contribution in [0.15, 0.2) is 18.2 Å². The predicted molar refractivity (Wildman–Crippen MR) is 71.6 cm³/mol. The van der Waals surface area contributed by atoms with Crippen molar-refractivity contribution in [1.82, 2.24) is 4.90 Å². The second kappa shape index (κ2) is 5.58. The Balaban J connectivity index is 2.07. The summed E-state index contributed by atoms with van der Waals surface area (Å²) in [6.45, 7) is 4.77. The maximum atomic E-state index is 13.2. The molecule has 0 saturated carbocycles. The van der Waals surface area contributed by atoms with Crippen LogP contribution in [-0.4, -0.2) is 40.5 Å². The van der Waals surface area contributed by atoms with Crippen molar-refractivity contribution in [3.63, 3.8) is 0 Å². The van der Waals surface area contributed by atoms with Crippen LogP contribution in [0.3, 0.4) is 0 Å². The van der Waals surface area contributed by atoms with E-state index in [1.807, 2.05) is 4.90 Å². The van der Waals surface area contributed by atoms with Crippen molar-refractivity contribution in [1.29, 1.82) is 0 Å². The molecule has 1 aliphatic rings. The van der Waals surface area contributed by atoms with Crippen molar-refractivity contribution >= 4 is 5.78 Å². The van der Waals surface area contributed by atoms with Gasteiger partial charge in [-0.25, -0.2) is 8.78 Å². The van der Waals surface area contributed by atoms with Gasteiger partial charge < -0.3 is 5.11 Å². The molecule has 1 aliphatic heterocycles. The van der Waals surface area contributed by atoms with Crippen LogP contribution in [0.4, 0.5) is 8.78 Å². The minimum absolute atomic E-state index is 0.175. The van der Waals surface area contributed by atoms with Crippen LogP contribution < -0.4 is 0 Å². The van der Waals surface area contributed by atoms with Gasteiger partial charge in [-0.2, -0.15) is 0 Å². The van der Waals surface area contributed by atoms with Gasteiger partial charge in [-0.15, -0.1) is 0 Å². The zero-order valence-corrected chi connectivity index (χ0v) is 11.7. The number of piperidine rings is 1. The molecule has 1 unspecified atom stereocenters. The summed E-state index contributed by atoms with van der Waals surface area (Å²) >= 11 is 0. The van der Waals surface area contributed by atoms with E-state index in [0.29, 0.717) is 25.9 Å². The molecule has 3 nitrogen and oxygen atoms in total. The molecule has 1 aromatic rings. The van der Waals surface area contributed by atoms with E-state index in [1.54, 1.807) is 13.8 Å². The summed E-state index contributed by atoms with van der Waals surface area (Å²) in [7, 11) is 0. The van der Waals surface area contributed by atoms with E-state index in [-0.39, 0.29) is 11.3 Å². The number of hydrogen-bond donors (Lipinski definition) is 1. The van der Waals surface area contributed by atoms with E-state index < -0.39 is 23.3 Å². The number of benzene rings is 1. The van der Waals surface area contributed by atoms with E-state index in [9.17, 15) is 18.7 Å². The molecule has 1 N–H and O–H groups in total. The van der Waals surface area contributed by atoms with Gasteiger partial charge in [0, 0.05) is 18.7 Å². The third kappa shape index (κ3) is 3.22. The van der Waals surface area contributed by atoms with E-state index in [0.717, 1.165) is 12.1 Å². The van der Waals surface area contributed by atoms with E-state index >= 15 is 0 Å². The summed E-state index contributed by atoms with van der Waals surface area (Å²) in [5.74, 6) is -2.20. The quantitative estimate of drug-likeness (QED) is 0.866. The number of aliphatic hydroxyl groups is 1. The number of nitrogens with zero attached hydrogens (tertiary/aromatic N) is 1. The van der Waals surface area contributed by atoms with Crippen molar-refractivity contribution in [3.8, 4) is 0 Å². The molecule has 0 aliphatic carbocycles. The Kier molecular flexibility index (Phi) is 4.20. The molecule has 0 aromatic heterocycles. The molecule has 1 fully saturated rings. The third-order valence-corrected chi connectivity index (χ3v) is 4.01. The second-order valence-corrected chi connectivity index (χ2v) is 5.70. The van der Waals surface area contributed by atoms with Crippen LogP contribution in [0.25, 0.3) is 0 Å². The first kappa shape index (κ1) is 15.1. The number of rotatable bonds is 3. The van der Waals surface area contributed by atoms with Gasteiger partial charge in [0.1, 0.15) is 0 Å². The van der Waals surface area contributed by atoms with Crippen LogP contribution in [0, 0.1) is 11.6 Å². The summed E-state index contributed by atoms with van der Waals surface area (Å²) in [5, 5.41) is 9.89. The number of halogens is 2. The Labute approximate surface area is 117 Å². The van der Waals surface area contributed by atoms with Gasteiger partial charge in [0.15, 0.2) is 17.4 Å². The Bertz CT molecular complexity index is 507. The molecule has 0 amide bonds. The van der Waals surface area contributed by atoms with E-state index in [4.69, 9.17) is 0 Å². The first-order valence-corrected chi connectivity index (χ1v) is 6.76. The SMILES string of the molecule is CC(C(=O)c1ccc(F)c(F)c1)N1CCC(C)(O)CC1. The first-order chi connectivity index (χ1) is 9.30. The van der Waals surface area contributed by atoms with Gasteiger partial charge >= 0.3 is 0 Å². The molecule has 5 heteroatoms. The molecule has 0 spiro atoms. The predicted octanol–water partition coefficient (Wildman–Crippen LogP) is 2.38. The first-order valence-electron chi connectivity index (χ1n) is 6.76. The van der Waals surface area contributed by atoms with E-state index in [2.05, 4.69) is 0 Å². The lowest BCUT2D eigenvalue weighted by atomic mass is 9.92. The van der Waals surface area contributed by atoms with Crippen molar-refractivity contribution in [2.24, 2.45) is 0 Å². The van der Waals surface area contributed by atoms with Crippen LogP contribution in [-0.2, 0) is 0 Å². The summed E-state index contributed by atoms with van der Waals surface area (Å²) in [6, 6.07) is 2.80. The summed E-state index contributed by atoms with van der Waals surface area (Å²) in [4.78, 5) is 14.2. The zero-order chi connectivity index (χ0) is 14.9. The highest BCUT2D eigenvalue weighted by molar-refractivity contribution is 5.99. The summed E-state index contributed by atoms with van der Waals surface area (Å²) < 4.78 is 26.1. The van der Waals surface area contributed by atoms with Crippen molar-refractivity contribution < 1.29 is 18.7 Å². The Morgan fingerprint density at radius 2 is 1.90 bits per heavy atom. The molecule has 0 radical (unpaired) electrons. The summed E-state index contributed by atoms with van der Waals surface area (Å²) in [6.07, 6.45) is 1.20. The van der Waals surface area contributed by atoms with Gasteiger partial charge in [0.2, 0.25) is 0 Å². The van der Waals surface area contributed by atoms with Gasteiger partial charge in [-0.1, -0.05) is 0 Å². The molecule has 2 rings (SSSR count). The van der Waals surface area contributed by atoms with Gasteiger partial charge in [0.25, 0.3) is 0 Å². The molecule has 1 saturated heterocycles. The van der Waals surface area contributed by atoms with Crippen LogP contribution in [0.5, 0.6) is 0 Å². The minimum atomic E-state index is -1.01. The molecule has 0 bridgehead atoms. The van der Waals surface area contributed by atoms with Crippen molar-refractivity contribution in [2.75, 3.05) is 13.1 Å². The standard InChI is InChI=1S/C15H19F2NO2/c1-10(18-7-5-15(2,20)6-8-18)14(19)11-3-4-12(16)13(17)9-11/h3-4,9-10,20H,5-8H2,1-2H3. The maximum Gasteiger partial charge on any atom is 0.179 e. The highest BCUT2D eigenvalue weighted by Crippen LogP contribution is 2.23. The van der Waals surface area contributed by atoms with Crippen molar-refractivity contribution in [2.45, 2.75) is 38.3 Å². The fraction of sp³-hybridized carbons (Fsp3) is 0.533. The van der Waals surface area contributed by atoms with Gasteiger partial charge in [-0.05, 0) is 44.9 Å². The fourth-order valence-corrected chi connectivity index (χ4v) is 2.45. The molecule has 1 heterocycles. The van der Waals surface area contributed by atoms with Crippen LogP contribution in [0.1, 0.15) is 37.0 Å². The molecule has 20 heavy (non-hydrogen) atoms. The molecule has 1 aromatic carbocycles. The highest BCUT2D eigenvalue weighted by atomic mass is 19.2. The number of Topliss-reactive ketones (excluding diaryl/α,β-unsaturated/α-hetero) is 1. The summed E-state index contributed by atoms with van der Waals surface area (Å²) in [5.41, 5.74) is -0.505. The highest BCUT2D eigenvalue weighted by Gasteiger charge is 2.32. The van der Waals surface area contributed by atoms with Crippen LogP contribution >= 0.6 is 0 Å². The molecular weight excluding hydrogens is 264 g/mol. The average Bonchev–Trinajstić information content (AvgIpc) is 2.40. The third-order valence-electron chi connectivity index (χ3n) is 4.01. The number of carbonyl (C=O) groups is 1. The second-order valence-electron chi connectivity index (χ2n) is 5.70. The average molecular weight is 283 g/mol. The number of carbonyl (C=O) groups excluding carboxylic acids is 1. The molecular formula is C15H19F2NO2. The molecule has 1 atom stereocenters. The topological polar surface area (TPSA) is 40.5 Å². The lowest BCUT2D eigenvalue weighted by molar-refractivity contribution is -0.0127. The molecule has 110 valence electrons. The number of likely N-dealkylation sites (tertiary alicyclic amines) is 1. The Morgan fingerprint density at radius 3 is 2.45 bits per heavy atom. The largest absolute Gasteiger partial charge is 0.390 e. The lowest BCUT2D eigenvalue weighted by Gasteiger charge is -2.38. The van der Waals surface area contributed by atoms with E-state index in [1.165, 1.54) is 6.07 Å². The Hall–Kier alpha value is -1.33. The minimum Gasteiger partial charge on any atom is -0.390 e. The number of hydrogen-bond acceptors (Lipinski definition) is 3. The zero-order valence-electron chi connectivity index (χ0n) is 11.7. The van der Waals surface area contributed by atoms with Gasteiger partial charge in [0.05, 0.1) is 11.6 Å². The van der Waals surface area contributed by atoms with Gasteiger partial charge in [-0.3, -0.25) is 9.69 Å².